The number of hydrogen-bond donors (Lipinski definition) is 1. The van der Waals surface area contributed by atoms with Crippen molar-refractivity contribution in [1.82, 2.24) is 14.8 Å². The maximum atomic E-state index is 12.0. The molecule has 15 heavy (non-hydrogen) atoms. The van der Waals surface area contributed by atoms with Gasteiger partial charge in [0.2, 0.25) is 0 Å². The highest BCUT2D eigenvalue weighted by atomic mass is 32.2. The predicted molar refractivity (Wildman–Crippen MR) is 50.9 cm³/mol. The second-order valence-corrected chi connectivity index (χ2v) is 4.42. The van der Waals surface area contributed by atoms with E-state index in [1.165, 1.54) is 4.57 Å². The van der Waals surface area contributed by atoms with Gasteiger partial charge in [0, 0.05) is 6.04 Å². The van der Waals surface area contributed by atoms with Crippen LogP contribution in [0.5, 0.6) is 0 Å². The molecule has 2 rings (SSSR count). The van der Waals surface area contributed by atoms with E-state index in [0.29, 0.717) is 11.8 Å². The third kappa shape index (κ3) is 2.58. The zero-order valence-corrected chi connectivity index (χ0v) is 8.44. The summed E-state index contributed by atoms with van der Waals surface area (Å²) in [6, 6.07) is 0.0412. The van der Waals surface area contributed by atoms with Crippen LogP contribution in [0.1, 0.15) is 18.9 Å². The Morgan fingerprint density at radius 2 is 2.20 bits per heavy atom. The fraction of sp³-hybridized carbons (Fsp3) is 0.667. The summed E-state index contributed by atoms with van der Waals surface area (Å²) >= 11 is 0.567. The molecule has 1 heterocycles. The van der Waals surface area contributed by atoms with Crippen LogP contribution in [-0.4, -0.2) is 27.4 Å². The van der Waals surface area contributed by atoms with Gasteiger partial charge in [-0.15, -0.1) is 16.9 Å². The highest BCUT2D eigenvalue weighted by molar-refractivity contribution is 8.00. The van der Waals surface area contributed by atoms with Crippen molar-refractivity contribution in [3.05, 3.63) is 10.5 Å². The number of H-pyrrole nitrogens is 1. The molecule has 1 aromatic heterocycles. The maximum Gasteiger partial charge on any atom is 0.488 e. The Kier molecular flexibility index (Phi) is 2.57. The topological polar surface area (TPSA) is 50.7 Å². The third-order valence-corrected chi connectivity index (χ3v) is 3.08. The number of nitrogens with one attached hydrogen (secondary N) is 1. The molecular formula is C6H8BF3N3OS-. The first-order chi connectivity index (χ1) is 6.97. The molecule has 0 radical (unpaired) electrons. The molecule has 0 aliphatic heterocycles. The highest BCUT2D eigenvalue weighted by Crippen LogP contribution is 2.36. The van der Waals surface area contributed by atoms with Crippen LogP contribution in [-0.2, 0) is 0 Å². The Hall–Kier alpha value is -0.855. The number of aromatic nitrogens is 3. The van der Waals surface area contributed by atoms with Crippen molar-refractivity contribution in [2.45, 2.75) is 24.0 Å². The molecule has 0 aromatic carbocycles. The molecule has 9 heteroatoms. The lowest BCUT2D eigenvalue weighted by Crippen LogP contribution is -2.21. The van der Waals surface area contributed by atoms with Crippen LogP contribution < -0.4 is 5.69 Å². The van der Waals surface area contributed by atoms with Gasteiger partial charge >= 0.3 is 12.7 Å². The molecule has 1 aliphatic rings. The molecule has 1 fully saturated rings. The molecule has 84 valence electrons. The van der Waals surface area contributed by atoms with Crippen LogP contribution in [0.4, 0.5) is 12.9 Å². The van der Waals surface area contributed by atoms with E-state index < -0.39 is 18.3 Å². The van der Waals surface area contributed by atoms with Crippen molar-refractivity contribution in [1.29, 1.82) is 0 Å². The third-order valence-electron chi connectivity index (χ3n) is 1.99. The minimum atomic E-state index is -4.84. The van der Waals surface area contributed by atoms with Gasteiger partial charge in [-0.1, -0.05) is 0 Å². The Bertz CT molecular complexity index is 410. The lowest BCUT2D eigenvalue weighted by Gasteiger charge is -2.12. The average molecular weight is 238 g/mol. The van der Waals surface area contributed by atoms with Crippen molar-refractivity contribution < 1.29 is 12.9 Å². The minimum absolute atomic E-state index is 0.0412. The predicted octanol–water partition coefficient (Wildman–Crippen LogP) is 1.38. The van der Waals surface area contributed by atoms with Gasteiger partial charge in [0.05, 0.1) is 0 Å². The second kappa shape index (κ2) is 3.62. The van der Waals surface area contributed by atoms with E-state index in [-0.39, 0.29) is 11.2 Å². The highest BCUT2D eigenvalue weighted by Gasteiger charge is 2.30. The summed E-state index contributed by atoms with van der Waals surface area (Å²) in [5, 5.41) is 5.89. The molecule has 1 N–H and O–H groups in total. The molecular weight excluding hydrogens is 230 g/mol. The zero-order valence-electron chi connectivity index (χ0n) is 7.62. The Labute approximate surface area is 87.3 Å². The molecule has 0 bridgehead atoms. The molecule has 0 amide bonds. The van der Waals surface area contributed by atoms with E-state index >= 15 is 0 Å². The largest absolute Gasteiger partial charge is 0.488 e. The number of thioether (sulfide) groups is 1. The van der Waals surface area contributed by atoms with Gasteiger partial charge in [-0.25, -0.2) is 9.89 Å². The smallest absolute Gasteiger partial charge is 0.448 e. The molecule has 0 atom stereocenters. The first kappa shape index (κ1) is 10.7. The summed E-state index contributed by atoms with van der Waals surface area (Å²) in [5.41, 5.74) is -1.38. The summed E-state index contributed by atoms with van der Waals surface area (Å²) < 4.78 is 37.4. The van der Waals surface area contributed by atoms with E-state index in [9.17, 15) is 17.7 Å². The van der Waals surface area contributed by atoms with Gasteiger partial charge in [0.15, 0.2) is 5.16 Å². The Morgan fingerprint density at radius 1 is 1.53 bits per heavy atom. The molecule has 4 nitrogen and oxygen atoms in total. The van der Waals surface area contributed by atoms with Gasteiger partial charge in [-0.3, -0.25) is 4.57 Å². The SMILES string of the molecule is O=c1[nH]nc(SC[B-](F)(F)F)n1C1CC1. The quantitative estimate of drug-likeness (QED) is 0.636. The lowest BCUT2D eigenvalue weighted by molar-refractivity contribution is 0.485. The van der Waals surface area contributed by atoms with Crippen LogP contribution >= 0.6 is 11.8 Å². The second-order valence-electron chi connectivity index (χ2n) is 3.43. The van der Waals surface area contributed by atoms with Crippen molar-refractivity contribution in [2.24, 2.45) is 0 Å². The standard InChI is InChI=1S/C6H8BF3N3OS/c8-7(9,10)3-15-6-12-11-5(14)13(6)4-1-2-4/h4H,1-3H2,(H,11,14)/q-1. The monoisotopic (exact) mass is 238 g/mol. The number of nitrogens with zero attached hydrogens (tertiary/aromatic N) is 2. The Morgan fingerprint density at radius 3 is 2.73 bits per heavy atom. The van der Waals surface area contributed by atoms with E-state index in [1.54, 1.807) is 0 Å². The fourth-order valence-corrected chi connectivity index (χ4v) is 2.04. The van der Waals surface area contributed by atoms with Crippen LogP contribution in [0.25, 0.3) is 0 Å². The normalized spacial score (nSPS) is 17.0. The number of halogens is 3. The summed E-state index contributed by atoms with van der Waals surface area (Å²) in [6.45, 7) is -4.84. The van der Waals surface area contributed by atoms with E-state index in [1.807, 2.05) is 0 Å². The first-order valence-electron chi connectivity index (χ1n) is 4.48. The summed E-state index contributed by atoms with van der Waals surface area (Å²) in [4.78, 5) is 11.2. The molecule has 0 spiro atoms. The first-order valence-corrected chi connectivity index (χ1v) is 5.46. The fourth-order valence-electron chi connectivity index (χ4n) is 1.22. The number of hydrogen-bond acceptors (Lipinski definition) is 3. The van der Waals surface area contributed by atoms with Crippen molar-refractivity contribution in [3.63, 3.8) is 0 Å². The number of rotatable bonds is 4. The average Bonchev–Trinajstić information content (AvgIpc) is 2.87. The molecule has 1 saturated carbocycles. The molecule has 1 aromatic rings. The van der Waals surface area contributed by atoms with Crippen LogP contribution in [0.15, 0.2) is 9.95 Å². The van der Waals surface area contributed by atoms with Gasteiger partial charge in [-0.2, -0.15) is 0 Å². The molecule has 0 saturated heterocycles. The van der Waals surface area contributed by atoms with Crippen LogP contribution in [0.2, 0.25) is 0 Å². The lowest BCUT2D eigenvalue weighted by atomic mass is 9.98. The van der Waals surface area contributed by atoms with Gasteiger partial charge in [0.1, 0.15) is 0 Å². The van der Waals surface area contributed by atoms with Crippen molar-refractivity contribution >= 4 is 18.7 Å². The van der Waals surface area contributed by atoms with Gasteiger partial charge in [-0.05, 0) is 18.5 Å². The zero-order chi connectivity index (χ0) is 11.1. The van der Waals surface area contributed by atoms with E-state index in [4.69, 9.17) is 0 Å². The summed E-state index contributed by atoms with van der Waals surface area (Å²) in [7, 11) is 0. The van der Waals surface area contributed by atoms with Crippen LogP contribution in [0.3, 0.4) is 0 Å². The summed E-state index contributed by atoms with van der Waals surface area (Å²) in [5.74, 6) is 0. The Balaban J connectivity index is 2.11. The minimum Gasteiger partial charge on any atom is -0.448 e. The van der Waals surface area contributed by atoms with E-state index in [2.05, 4.69) is 10.2 Å². The molecule has 1 aliphatic carbocycles. The summed E-state index contributed by atoms with van der Waals surface area (Å²) in [6.07, 6.45) is 1.67. The maximum absolute atomic E-state index is 12.0. The van der Waals surface area contributed by atoms with Crippen molar-refractivity contribution in [2.75, 3.05) is 5.65 Å². The van der Waals surface area contributed by atoms with E-state index in [0.717, 1.165) is 12.8 Å². The van der Waals surface area contributed by atoms with Gasteiger partial charge < -0.3 is 12.9 Å². The molecule has 0 unspecified atom stereocenters. The van der Waals surface area contributed by atoms with Crippen LogP contribution in [0, 0.1) is 0 Å². The van der Waals surface area contributed by atoms with Gasteiger partial charge in [0.25, 0.3) is 0 Å². The van der Waals surface area contributed by atoms with Crippen molar-refractivity contribution in [3.8, 4) is 0 Å². The number of aromatic amines is 1.